The van der Waals surface area contributed by atoms with Crippen LogP contribution in [0.3, 0.4) is 0 Å². The number of ether oxygens (including phenoxy) is 2. The second-order valence-corrected chi connectivity index (χ2v) is 5.76. The highest BCUT2D eigenvalue weighted by Gasteiger charge is 2.32. The SMILES string of the molecule is CC1(C)Cc2cccc(Oc3nc(Cl)nnc3Cl)c2O1. The number of para-hydroxylation sites is 1. The molecule has 0 atom stereocenters. The van der Waals surface area contributed by atoms with Crippen molar-refractivity contribution >= 4 is 23.2 Å². The topological polar surface area (TPSA) is 57.1 Å². The molecule has 2 aromatic rings. The van der Waals surface area contributed by atoms with Gasteiger partial charge in [0, 0.05) is 12.0 Å². The summed E-state index contributed by atoms with van der Waals surface area (Å²) < 4.78 is 11.6. The number of hydrogen-bond acceptors (Lipinski definition) is 5. The molecule has 0 spiro atoms. The largest absolute Gasteiger partial charge is 0.483 e. The molecule has 0 saturated carbocycles. The van der Waals surface area contributed by atoms with Crippen LogP contribution in [0.4, 0.5) is 0 Å². The standard InChI is InChI=1S/C13H11Cl2N3O2/c1-13(2)6-7-4-3-5-8(9(7)20-13)19-11-10(14)17-18-12(15)16-11/h3-5H,6H2,1-2H3. The van der Waals surface area contributed by atoms with Crippen molar-refractivity contribution in [1.29, 1.82) is 0 Å². The van der Waals surface area contributed by atoms with E-state index in [1.165, 1.54) is 0 Å². The van der Waals surface area contributed by atoms with Crippen molar-refractivity contribution < 1.29 is 9.47 Å². The van der Waals surface area contributed by atoms with Crippen LogP contribution in [0.1, 0.15) is 19.4 Å². The zero-order chi connectivity index (χ0) is 14.3. The number of halogens is 2. The summed E-state index contributed by atoms with van der Waals surface area (Å²) in [4.78, 5) is 3.91. The van der Waals surface area contributed by atoms with Crippen LogP contribution in [-0.2, 0) is 6.42 Å². The Bertz CT molecular complexity index is 677. The van der Waals surface area contributed by atoms with E-state index in [0.29, 0.717) is 11.5 Å². The molecule has 0 aliphatic carbocycles. The molecule has 20 heavy (non-hydrogen) atoms. The van der Waals surface area contributed by atoms with Crippen LogP contribution in [0, 0.1) is 0 Å². The molecule has 104 valence electrons. The summed E-state index contributed by atoms with van der Waals surface area (Å²) in [5.74, 6) is 1.34. The van der Waals surface area contributed by atoms with E-state index in [9.17, 15) is 0 Å². The monoisotopic (exact) mass is 311 g/mol. The summed E-state index contributed by atoms with van der Waals surface area (Å²) in [5.41, 5.74) is 0.824. The Balaban J connectivity index is 1.97. The van der Waals surface area contributed by atoms with Crippen molar-refractivity contribution in [3.8, 4) is 17.4 Å². The first-order valence-electron chi connectivity index (χ1n) is 5.99. The highest BCUT2D eigenvalue weighted by Crippen LogP contribution is 2.43. The lowest BCUT2D eigenvalue weighted by Gasteiger charge is -2.18. The Morgan fingerprint density at radius 1 is 1.25 bits per heavy atom. The fourth-order valence-corrected chi connectivity index (χ4v) is 2.35. The second kappa shape index (κ2) is 4.75. The average Bonchev–Trinajstić information content (AvgIpc) is 2.69. The van der Waals surface area contributed by atoms with Gasteiger partial charge >= 0.3 is 0 Å². The maximum absolute atomic E-state index is 5.90. The number of hydrogen-bond donors (Lipinski definition) is 0. The minimum atomic E-state index is -0.257. The number of aromatic nitrogens is 3. The van der Waals surface area contributed by atoms with E-state index >= 15 is 0 Å². The third-order valence-corrected chi connectivity index (χ3v) is 3.25. The fourth-order valence-electron chi connectivity index (χ4n) is 2.12. The molecule has 5 nitrogen and oxygen atoms in total. The molecule has 1 aliphatic rings. The van der Waals surface area contributed by atoms with Crippen LogP contribution < -0.4 is 9.47 Å². The molecule has 3 rings (SSSR count). The van der Waals surface area contributed by atoms with Crippen LogP contribution in [0.25, 0.3) is 0 Å². The van der Waals surface area contributed by atoms with Crippen molar-refractivity contribution in [1.82, 2.24) is 15.2 Å². The molecule has 0 unspecified atom stereocenters. The van der Waals surface area contributed by atoms with Gasteiger partial charge in [-0.05, 0) is 31.5 Å². The summed E-state index contributed by atoms with van der Waals surface area (Å²) in [7, 11) is 0. The predicted octanol–water partition coefficient (Wildman–Crippen LogP) is 3.68. The van der Waals surface area contributed by atoms with Gasteiger partial charge in [-0.3, -0.25) is 0 Å². The van der Waals surface area contributed by atoms with Gasteiger partial charge in [0.1, 0.15) is 5.60 Å². The Kier molecular flexibility index (Phi) is 3.18. The maximum Gasteiger partial charge on any atom is 0.262 e. The first kappa shape index (κ1) is 13.4. The Hall–Kier alpha value is -1.59. The zero-order valence-corrected chi connectivity index (χ0v) is 12.4. The molecule has 0 amide bonds. The molecular formula is C13H11Cl2N3O2. The molecule has 0 fully saturated rings. The minimum Gasteiger partial charge on any atom is -0.483 e. The van der Waals surface area contributed by atoms with Crippen LogP contribution >= 0.6 is 23.2 Å². The van der Waals surface area contributed by atoms with Gasteiger partial charge in [0.15, 0.2) is 11.5 Å². The van der Waals surface area contributed by atoms with Gasteiger partial charge in [-0.15, -0.1) is 10.2 Å². The zero-order valence-electron chi connectivity index (χ0n) is 10.9. The summed E-state index contributed by atoms with van der Waals surface area (Å²) in [5, 5.41) is 7.21. The quantitative estimate of drug-likeness (QED) is 0.846. The first-order chi connectivity index (χ1) is 9.44. The smallest absolute Gasteiger partial charge is 0.262 e. The van der Waals surface area contributed by atoms with Gasteiger partial charge in [0.25, 0.3) is 5.88 Å². The Labute approximate surface area is 125 Å². The molecule has 0 saturated heterocycles. The third kappa shape index (κ3) is 2.51. The lowest BCUT2D eigenvalue weighted by atomic mass is 10.0. The lowest BCUT2D eigenvalue weighted by molar-refractivity contribution is 0.135. The molecular weight excluding hydrogens is 301 g/mol. The molecule has 2 heterocycles. The van der Waals surface area contributed by atoms with E-state index in [4.69, 9.17) is 32.7 Å². The van der Waals surface area contributed by atoms with Gasteiger partial charge in [-0.1, -0.05) is 23.7 Å². The predicted molar refractivity (Wildman–Crippen MR) is 74.8 cm³/mol. The summed E-state index contributed by atoms with van der Waals surface area (Å²) in [6.07, 6.45) is 0.816. The van der Waals surface area contributed by atoms with Gasteiger partial charge < -0.3 is 9.47 Å². The van der Waals surface area contributed by atoms with Crippen molar-refractivity contribution in [2.45, 2.75) is 25.9 Å². The third-order valence-electron chi connectivity index (χ3n) is 2.85. The highest BCUT2D eigenvalue weighted by molar-refractivity contribution is 6.31. The van der Waals surface area contributed by atoms with Gasteiger partial charge in [0.05, 0.1) is 0 Å². The van der Waals surface area contributed by atoms with Crippen LogP contribution in [-0.4, -0.2) is 20.8 Å². The molecule has 0 radical (unpaired) electrons. The van der Waals surface area contributed by atoms with Gasteiger partial charge in [-0.25, -0.2) is 0 Å². The molecule has 7 heteroatoms. The van der Waals surface area contributed by atoms with E-state index in [0.717, 1.165) is 12.0 Å². The lowest BCUT2D eigenvalue weighted by Crippen LogP contribution is -2.24. The summed E-state index contributed by atoms with van der Waals surface area (Å²) >= 11 is 11.6. The number of rotatable bonds is 2. The molecule has 0 N–H and O–H groups in total. The summed E-state index contributed by atoms with van der Waals surface area (Å²) in [6, 6.07) is 5.68. The van der Waals surface area contributed by atoms with Crippen molar-refractivity contribution in [2.75, 3.05) is 0 Å². The van der Waals surface area contributed by atoms with Crippen LogP contribution in [0.15, 0.2) is 18.2 Å². The van der Waals surface area contributed by atoms with Crippen molar-refractivity contribution in [3.05, 3.63) is 34.2 Å². The normalized spacial score (nSPS) is 15.6. The van der Waals surface area contributed by atoms with E-state index in [1.54, 1.807) is 6.07 Å². The Morgan fingerprint density at radius 3 is 2.85 bits per heavy atom. The summed E-state index contributed by atoms with van der Waals surface area (Å²) in [6.45, 7) is 4.04. The molecule has 0 bridgehead atoms. The van der Waals surface area contributed by atoms with E-state index in [2.05, 4.69) is 15.2 Å². The van der Waals surface area contributed by atoms with E-state index in [1.807, 2.05) is 26.0 Å². The number of nitrogens with zero attached hydrogens (tertiary/aromatic N) is 3. The molecule has 1 aliphatic heterocycles. The molecule has 1 aromatic heterocycles. The molecule has 1 aromatic carbocycles. The van der Waals surface area contributed by atoms with Crippen molar-refractivity contribution in [2.24, 2.45) is 0 Å². The highest BCUT2D eigenvalue weighted by atomic mass is 35.5. The van der Waals surface area contributed by atoms with Gasteiger partial charge in [-0.2, -0.15) is 4.98 Å². The number of benzene rings is 1. The maximum atomic E-state index is 5.90. The second-order valence-electron chi connectivity index (χ2n) is 5.06. The van der Waals surface area contributed by atoms with E-state index < -0.39 is 0 Å². The van der Waals surface area contributed by atoms with Crippen LogP contribution in [0.5, 0.6) is 17.4 Å². The van der Waals surface area contributed by atoms with Gasteiger partial charge in [0.2, 0.25) is 10.4 Å². The van der Waals surface area contributed by atoms with Crippen LogP contribution in [0.2, 0.25) is 10.4 Å². The first-order valence-corrected chi connectivity index (χ1v) is 6.75. The number of fused-ring (bicyclic) bond motifs is 1. The Morgan fingerprint density at radius 2 is 2.05 bits per heavy atom. The fraction of sp³-hybridized carbons (Fsp3) is 0.308. The minimum absolute atomic E-state index is 0.0294. The van der Waals surface area contributed by atoms with E-state index in [-0.39, 0.29) is 21.9 Å². The average molecular weight is 312 g/mol. The van der Waals surface area contributed by atoms with Crippen molar-refractivity contribution in [3.63, 3.8) is 0 Å².